The molecule has 2 amide bonds. The number of nitrogens with two attached hydrogens (primary N) is 1. The summed E-state index contributed by atoms with van der Waals surface area (Å²) in [5.74, 6) is 0.171. The summed E-state index contributed by atoms with van der Waals surface area (Å²) in [6.45, 7) is 1.99. The molecule has 1 heterocycles. The minimum Gasteiger partial charge on any atom is -0.352 e. The highest BCUT2D eigenvalue weighted by Gasteiger charge is 2.19. The molecular formula is C21H25N3O2. The van der Waals surface area contributed by atoms with Crippen molar-refractivity contribution in [2.45, 2.75) is 38.4 Å². The third kappa shape index (κ3) is 4.92. The third-order valence-electron chi connectivity index (χ3n) is 4.69. The highest BCUT2D eigenvalue weighted by molar-refractivity contribution is 5.78. The molecule has 5 heteroatoms. The zero-order chi connectivity index (χ0) is 18.4. The van der Waals surface area contributed by atoms with E-state index in [1.807, 2.05) is 59.5 Å². The Hall–Kier alpha value is -2.66. The molecule has 0 radical (unpaired) electrons. The summed E-state index contributed by atoms with van der Waals surface area (Å²) >= 11 is 0. The zero-order valence-corrected chi connectivity index (χ0v) is 14.9. The van der Waals surface area contributed by atoms with Gasteiger partial charge in [0, 0.05) is 38.5 Å². The number of carbonyl (C=O) groups excluding carboxylic acids is 2. The molecule has 1 aliphatic rings. The van der Waals surface area contributed by atoms with Gasteiger partial charge in [-0.3, -0.25) is 9.59 Å². The Bertz CT molecular complexity index is 744. The third-order valence-corrected chi connectivity index (χ3v) is 4.69. The van der Waals surface area contributed by atoms with Crippen LogP contribution in [0.5, 0.6) is 0 Å². The minimum atomic E-state index is -0.295. The molecule has 2 aromatic carbocycles. The van der Waals surface area contributed by atoms with Crippen molar-refractivity contribution >= 4 is 11.8 Å². The second-order valence-corrected chi connectivity index (χ2v) is 6.73. The molecule has 0 bridgehead atoms. The average molecular weight is 351 g/mol. The van der Waals surface area contributed by atoms with Crippen LogP contribution in [0.4, 0.5) is 0 Å². The van der Waals surface area contributed by atoms with Gasteiger partial charge in [-0.15, -0.1) is 0 Å². The van der Waals surface area contributed by atoms with E-state index in [1.165, 1.54) is 0 Å². The van der Waals surface area contributed by atoms with Crippen molar-refractivity contribution in [2.24, 2.45) is 5.73 Å². The quantitative estimate of drug-likeness (QED) is 0.805. The van der Waals surface area contributed by atoms with Gasteiger partial charge in [0.05, 0.1) is 0 Å². The molecule has 5 nitrogen and oxygen atoms in total. The Balaban J connectivity index is 1.45. The van der Waals surface area contributed by atoms with Crippen molar-refractivity contribution in [3.05, 3.63) is 71.3 Å². The predicted molar refractivity (Wildman–Crippen MR) is 101 cm³/mol. The Morgan fingerprint density at radius 3 is 2.42 bits per heavy atom. The van der Waals surface area contributed by atoms with Crippen LogP contribution in [0.2, 0.25) is 0 Å². The number of rotatable bonds is 7. The highest BCUT2D eigenvalue weighted by Crippen LogP contribution is 2.15. The summed E-state index contributed by atoms with van der Waals surface area (Å²) in [4.78, 5) is 25.7. The first kappa shape index (κ1) is 18.1. The van der Waals surface area contributed by atoms with Crippen LogP contribution in [0, 0.1) is 0 Å². The number of benzene rings is 2. The van der Waals surface area contributed by atoms with Gasteiger partial charge in [-0.05, 0) is 23.1 Å². The molecule has 26 heavy (non-hydrogen) atoms. The zero-order valence-electron chi connectivity index (χ0n) is 14.9. The van der Waals surface area contributed by atoms with Crippen LogP contribution in [0.1, 0.15) is 42.0 Å². The molecule has 1 fully saturated rings. The van der Waals surface area contributed by atoms with Gasteiger partial charge < -0.3 is 16.0 Å². The maximum atomic E-state index is 12.1. The summed E-state index contributed by atoms with van der Waals surface area (Å²) in [6, 6.07) is 17.4. The summed E-state index contributed by atoms with van der Waals surface area (Å²) in [5, 5.41) is 2.92. The Kier molecular flexibility index (Phi) is 6.02. The lowest BCUT2D eigenvalue weighted by Gasteiger charge is -2.16. The van der Waals surface area contributed by atoms with E-state index in [4.69, 9.17) is 5.73 Å². The first-order valence-electron chi connectivity index (χ1n) is 9.04. The lowest BCUT2D eigenvalue weighted by molar-refractivity contribution is -0.128. The van der Waals surface area contributed by atoms with E-state index in [1.54, 1.807) is 0 Å². The molecule has 1 aliphatic heterocycles. The smallest absolute Gasteiger partial charge is 0.222 e. The van der Waals surface area contributed by atoms with Crippen LogP contribution >= 0.6 is 0 Å². The van der Waals surface area contributed by atoms with Gasteiger partial charge in [0.25, 0.3) is 0 Å². The van der Waals surface area contributed by atoms with E-state index >= 15 is 0 Å². The fourth-order valence-electron chi connectivity index (χ4n) is 3.14. The lowest BCUT2D eigenvalue weighted by atomic mass is 10.0. The minimum absolute atomic E-state index is 0.0620. The molecule has 136 valence electrons. The number of nitrogens with zero attached hydrogens (tertiary/aromatic N) is 1. The first-order valence-corrected chi connectivity index (χ1v) is 9.04. The van der Waals surface area contributed by atoms with E-state index in [9.17, 15) is 9.59 Å². The molecule has 1 unspecified atom stereocenters. The van der Waals surface area contributed by atoms with Crippen molar-refractivity contribution < 1.29 is 9.59 Å². The van der Waals surface area contributed by atoms with Crippen molar-refractivity contribution in [1.29, 1.82) is 0 Å². The molecule has 0 spiro atoms. The molecule has 0 saturated carbocycles. The second kappa shape index (κ2) is 8.63. The number of carbonyl (C=O) groups is 2. The van der Waals surface area contributed by atoms with Crippen molar-refractivity contribution in [3.63, 3.8) is 0 Å². The van der Waals surface area contributed by atoms with Gasteiger partial charge in [0.15, 0.2) is 0 Å². The van der Waals surface area contributed by atoms with Crippen LogP contribution in [-0.4, -0.2) is 23.3 Å². The highest BCUT2D eigenvalue weighted by atomic mass is 16.2. The van der Waals surface area contributed by atoms with Crippen LogP contribution in [0.15, 0.2) is 54.6 Å². The monoisotopic (exact) mass is 351 g/mol. The summed E-state index contributed by atoms with van der Waals surface area (Å²) in [6.07, 6.45) is 1.88. The topological polar surface area (TPSA) is 75.4 Å². The van der Waals surface area contributed by atoms with Gasteiger partial charge in [-0.2, -0.15) is 0 Å². The van der Waals surface area contributed by atoms with E-state index in [0.29, 0.717) is 19.5 Å². The first-order chi connectivity index (χ1) is 12.6. The standard InChI is InChI=1S/C21H25N3O2/c22-19(18-5-2-1-3-6-18)13-20(25)23-14-16-8-10-17(11-9-16)15-24-12-4-7-21(24)26/h1-3,5-6,8-11,19H,4,7,12-15,22H2,(H,23,25). The fourth-order valence-corrected chi connectivity index (χ4v) is 3.14. The molecule has 3 rings (SSSR count). The maximum Gasteiger partial charge on any atom is 0.222 e. The van der Waals surface area contributed by atoms with Gasteiger partial charge >= 0.3 is 0 Å². The number of amides is 2. The summed E-state index contributed by atoms with van der Waals surface area (Å²) in [7, 11) is 0. The van der Waals surface area contributed by atoms with Crippen molar-refractivity contribution in [2.75, 3.05) is 6.54 Å². The van der Waals surface area contributed by atoms with Crippen LogP contribution in [0.3, 0.4) is 0 Å². The SMILES string of the molecule is NC(CC(=O)NCc1ccc(CN2CCCC2=O)cc1)c1ccccc1. The van der Waals surface area contributed by atoms with Crippen LogP contribution < -0.4 is 11.1 Å². The molecular weight excluding hydrogens is 326 g/mol. The average Bonchev–Trinajstić information content (AvgIpc) is 3.06. The lowest BCUT2D eigenvalue weighted by Crippen LogP contribution is -2.27. The Labute approximate surface area is 154 Å². The fraction of sp³-hybridized carbons (Fsp3) is 0.333. The van der Waals surface area contributed by atoms with Crippen LogP contribution in [-0.2, 0) is 22.7 Å². The molecule has 1 atom stereocenters. The van der Waals surface area contributed by atoms with Gasteiger partial charge in [-0.1, -0.05) is 54.6 Å². The largest absolute Gasteiger partial charge is 0.352 e. The molecule has 0 aromatic heterocycles. The van der Waals surface area contributed by atoms with Gasteiger partial charge in [0.1, 0.15) is 0 Å². The number of hydrogen-bond donors (Lipinski definition) is 2. The Morgan fingerprint density at radius 2 is 1.77 bits per heavy atom. The molecule has 2 aromatic rings. The van der Waals surface area contributed by atoms with E-state index in [2.05, 4.69) is 5.32 Å². The Morgan fingerprint density at radius 1 is 1.08 bits per heavy atom. The predicted octanol–water partition coefficient (Wildman–Crippen LogP) is 2.52. The second-order valence-electron chi connectivity index (χ2n) is 6.73. The number of likely N-dealkylation sites (tertiary alicyclic amines) is 1. The van der Waals surface area contributed by atoms with Crippen LogP contribution in [0.25, 0.3) is 0 Å². The van der Waals surface area contributed by atoms with Gasteiger partial charge in [-0.25, -0.2) is 0 Å². The molecule has 1 saturated heterocycles. The van der Waals surface area contributed by atoms with E-state index in [-0.39, 0.29) is 24.3 Å². The van der Waals surface area contributed by atoms with Gasteiger partial charge in [0.2, 0.25) is 11.8 Å². The van der Waals surface area contributed by atoms with E-state index in [0.717, 1.165) is 29.7 Å². The van der Waals surface area contributed by atoms with E-state index < -0.39 is 0 Å². The number of hydrogen-bond acceptors (Lipinski definition) is 3. The van der Waals surface area contributed by atoms with Crippen molar-refractivity contribution in [3.8, 4) is 0 Å². The molecule has 3 N–H and O–H groups in total. The van der Waals surface area contributed by atoms with Crippen molar-refractivity contribution in [1.82, 2.24) is 10.2 Å². The summed E-state index contributed by atoms with van der Waals surface area (Å²) in [5.41, 5.74) is 9.19. The number of nitrogens with one attached hydrogen (secondary N) is 1. The molecule has 0 aliphatic carbocycles. The normalized spacial score (nSPS) is 15.1. The maximum absolute atomic E-state index is 12.1. The summed E-state index contributed by atoms with van der Waals surface area (Å²) < 4.78 is 0.